The average Bonchev–Trinajstić information content (AvgIpc) is 2.97. The minimum atomic E-state index is -0.595. The van der Waals surface area contributed by atoms with Gasteiger partial charge in [-0.25, -0.2) is 4.98 Å². The summed E-state index contributed by atoms with van der Waals surface area (Å²) >= 11 is 0. The topological polar surface area (TPSA) is 73.3 Å². The Morgan fingerprint density at radius 1 is 1.75 bits per heavy atom. The van der Waals surface area contributed by atoms with E-state index in [0.717, 1.165) is 18.7 Å². The maximum Gasteiger partial charge on any atom is 0.105 e. The molecule has 1 fully saturated rings. The standard InChI is InChI=1S/C11H19N3O2/c1-2-14-8-13-5-9(14)10(15)11(6-12)3-4-16-7-11/h5,8,10,15H,2-4,6-7,12H2,1H3. The van der Waals surface area contributed by atoms with Crippen LogP contribution in [0, 0.1) is 5.41 Å². The van der Waals surface area contributed by atoms with Crippen molar-refractivity contribution in [1.29, 1.82) is 0 Å². The summed E-state index contributed by atoms with van der Waals surface area (Å²) in [6, 6.07) is 0. The zero-order valence-corrected chi connectivity index (χ0v) is 9.59. The van der Waals surface area contributed by atoms with Crippen LogP contribution in [0.25, 0.3) is 0 Å². The molecule has 1 aliphatic rings. The fourth-order valence-corrected chi connectivity index (χ4v) is 2.25. The lowest BCUT2D eigenvalue weighted by atomic mass is 9.80. The van der Waals surface area contributed by atoms with Crippen LogP contribution in [0.4, 0.5) is 0 Å². The first-order chi connectivity index (χ1) is 7.73. The number of nitrogens with zero attached hydrogens (tertiary/aromatic N) is 2. The van der Waals surface area contributed by atoms with Crippen LogP contribution in [-0.4, -0.2) is 34.4 Å². The van der Waals surface area contributed by atoms with Crippen molar-refractivity contribution in [3.63, 3.8) is 0 Å². The minimum Gasteiger partial charge on any atom is -0.386 e. The maximum absolute atomic E-state index is 10.5. The smallest absolute Gasteiger partial charge is 0.105 e. The Balaban J connectivity index is 2.26. The molecule has 0 saturated carbocycles. The van der Waals surface area contributed by atoms with Crippen LogP contribution in [0.3, 0.4) is 0 Å². The molecule has 0 bridgehead atoms. The van der Waals surface area contributed by atoms with Gasteiger partial charge >= 0.3 is 0 Å². The van der Waals surface area contributed by atoms with Gasteiger partial charge in [-0.15, -0.1) is 0 Å². The molecule has 2 heterocycles. The van der Waals surface area contributed by atoms with Crippen LogP contribution in [0.1, 0.15) is 25.1 Å². The van der Waals surface area contributed by atoms with Crippen molar-refractivity contribution in [2.75, 3.05) is 19.8 Å². The second-order valence-electron chi connectivity index (χ2n) is 4.38. The molecule has 2 atom stereocenters. The Bertz CT molecular complexity index is 345. The summed E-state index contributed by atoms with van der Waals surface area (Å²) in [4.78, 5) is 4.07. The molecule has 2 rings (SSSR count). The molecule has 5 heteroatoms. The largest absolute Gasteiger partial charge is 0.386 e. The summed E-state index contributed by atoms with van der Waals surface area (Å²) in [7, 11) is 0. The van der Waals surface area contributed by atoms with E-state index < -0.39 is 6.10 Å². The highest BCUT2D eigenvalue weighted by Gasteiger charge is 2.42. The average molecular weight is 225 g/mol. The molecule has 0 spiro atoms. The quantitative estimate of drug-likeness (QED) is 0.773. The first-order valence-corrected chi connectivity index (χ1v) is 5.69. The Morgan fingerprint density at radius 2 is 2.56 bits per heavy atom. The van der Waals surface area contributed by atoms with Gasteiger partial charge in [-0.05, 0) is 13.3 Å². The molecule has 0 amide bonds. The van der Waals surface area contributed by atoms with Gasteiger partial charge in [0.1, 0.15) is 6.10 Å². The zero-order chi connectivity index (χ0) is 11.6. The molecule has 1 aromatic heterocycles. The van der Waals surface area contributed by atoms with Gasteiger partial charge in [0, 0.05) is 25.1 Å². The molecule has 5 nitrogen and oxygen atoms in total. The molecule has 0 aliphatic carbocycles. The summed E-state index contributed by atoms with van der Waals surface area (Å²) < 4.78 is 7.32. The van der Waals surface area contributed by atoms with Gasteiger partial charge in [0.05, 0.1) is 24.8 Å². The van der Waals surface area contributed by atoms with E-state index >= 15 is 0 Å². The maximum atomic E-state index is 10.5. The van der Waals surface area contributed by atoms with Crippen molar-refractivity contribution < 1.29 is 9.84 Å². The van der Waals surface area contributed by atoms with Gasteiger partial charge in [0.25, 0.3) is 0 Å². The molecule has 0 radical (unpaired) electrons. The second kappa shape index (κ2) is 4.53. The summed E-state index contributed by atoms with van der Waals surface area (Å²) in [5, 5.41) is 10.5. The third-order valence-electron chi connectivity index (χ3n) is 3.49. The van der Waals surface area contributed by atoms with E-state index in [-0.39, 0.29) is 5.41 Å². The number of rotatable bonds is 4. The van der Waals surface area contributed by atoms with Gasteiger partial charge in [-0.1, -0.05) is 0 Å². The molecule has 1 aliphatic heterocycles. The third-order valence-corrected chi connectivity index (χ3v) is 3.49. The molecule has 0 aromatic carbocycles. The Labute approximate surface area is 95.2 Å². The van der Waals surface area contributed by atoms with E-state index in [1.165, 1.54) is 0 Å². The monoisotopic (exact) mass is 225 g/mol. The molecule has 2 unspecified atom stereocenters. The Kier molecular flexibility index (Phi) is 3.28. The number of aliphatic hydroxyl groups excluding tert-OH is 1. The van der Waals surface area contributed by atoms with Crippen molar-refractivity contribution in [3.05, 3.63) is 18.2 Å². The summed E-state index contributed by atoms with van der Waals surface area (Å²) in [5.41, 5.74) is 6.29. The number of ether oxygens (including phenoxy) is 1. The summed E-state index contributed by atoms with van der Waals surface area (Å²) in [5.74, 6) is 0. The predicted molar refractivity (Wildman–Crippen MR) is 59.8 cm³/mol. The van der Waals surface area contributed by atoms with Crippen LogP contribution >= 0.6 is 0 Å². The number of aryl methyl sites for hydroxylation is 1. The highest BCUT2D eigenvalue weighted by Crippen LogP contribution is 2.40. The lowest BCUT2D eigenvalue weighted by Crippen LogP contribution is -2.38. The van der Waals surface area contributed by atoms with Crippen LogP contribution in [0.15, 0.2) is 12.5 Å². The van der Waals surface area contributed by atoms with Crippen molar-refractivity contribution in [2.24, 2.45) is 11.1 Å². The van der Waals surface area contributed by atoms with Crippen molar-refractivity contribution in [1.82, 2.24) is 9.55 Å². The lowest BCUT2D eigenvalue weighted by molar-refractivity contribution is 0.0139. The van der Waals surface area contributed by atoms with Crippen LogP contribution in [-0.2, 0) is 11.3 Å². The number of aliphatic hydroxyl groups is 1. The SMILES string of the molecule is CCn1cncc1C(O)C1(CN)CCOC1. The zero-order valence-electron chi connectivity index (χ0n) is 9.59. The highest BCUT2D eigenvalue weighted by atomic mass is 16.5. The number of hydrogen-bond donors (Lipinski definition) is 2. The van der Waals surface area contributed by atoms with Crippen molar-refractivity contribution in [2.45, 2.75) is 26.0 Å². The third kappa shape index (κ3) is 1.75. The van der Waals surface area contributed by atoms with Gasteiger partial charge in [-0.3, -0.25) is 0 Å². The normalized spacial score (nSPS) is 27.2. The predicted octanol–water partition coefficient (Wildman–Crippen LogP) is 0.302. The number of imidazole rings is 1. The van der Waals surface area contributed by atoms with E-state index in [2.05, 4.69) is 4.98 Å². The first kappa shape index (κ1) is 11.6. The van der Waals surface area contributed by atoms with E-state index in [0.29, 0.717) is 19.8 Å². The van der Waals surface area contributed by atoms with E-state index in [9.17, 15) is 5.11 Å². The molecule has 3 N–H and O–H groups in total. The molecule has 1 aromatic rings. The Morgan fingerprint density at radius 3 is 3.12 bits per heavy atom. The molecule has 90 valence electrons. The van der Waals surface area contributed by atoms with Crippen LogP contribution < -0.4 is 5.73 Å². The fraction of sp³-hybridized carbons (Fsp3) is 0.727. The molecule has 16 heavy (non-hydrogen) atoms. The first-order valence-electron chi connectivity index (χ1n) is 5.69. The number of nitrogens with two attached hydrogens (primary N) is 1. The van der Waals surface area contributed by atoms with Crippen molar-refractivity contribution >= 4 is 0 Å². The van der Waals surface area contributed by atoms with Crippen molar-refractivity contribution in [3.8, 4) is 0 Å². The molecular weight excluding hydrogens is 206 g/mol. The van der Waals surface area contributed by atoms with Crippen LogP contribution in [0.2, 0.25) is 0 Å². The van der Waals surface area contributed by atoms with Gasteiger partial charge in [-0.2, -0.15) is 0 Å². The van der Waals surface area contributed by atoms with Gasteiger partial charge in [0.2, 0.25) is 0 Å². The second-order valence-corrected chi connectivity index (χ2v) is 4.38. The van der Waals surface area contributed by atoms with E-state index in [4.69, 9.17) is 10.5 Å². The minimum absolute atomic E-state index is 0.340. The number of hydrogen-bond acceptors (Lipinski definition) is 4. The fourth-order valence-electron chi connectivity index (χ4n) is 2.25. The van der Waals surface area contributed by atoms with E-state index in [1.807, 2.05) is 11.5 Å². The lowest BCUT2D eigenvalue weighted by Gasteiger charge is -2.31. The number of aromatic nitrogens is 2. The summed E-state index contributed by atoms with van der Waals surface area (Å²) in [6.07, 6.45) is 3.66. The van der Waals surface area contributed by atoms with Gasteiger partial charge in [0.15, 0.2) is 0 Å². The van der Waals surface area contributed by atoms with Crippen LogP contribution in [0.5, 0.6) is 0 Å². The summed E-state index contributed by atoms with van der Waals surface area (Å²) in [6.45, 7) is 4.46. The Hall–Kier alpha value is -0.910. The molecule has 1 saturated heterocycles. The van der Waals surface area contributed by atoms with Gasteiger partial charge < -0.3 is 20.1 Å². The molecular formula is C11H19N3O2. The highest BCUT2D eigenvalue weighted by molar-refractivity contribution is 5.09. The van der Waals surface area contributed by atoms with E-state index in [1.54, 1.807) is 12.5 Å².